The number of hydrogen-bond donors (Lipinski definition) is 3. The molecular weight excluding hydrogens is 232 g/mol. The van der Waals surface area contributed by atoms with Crippen LogP contribution in [0.25, 0.3) is 0 Å². The van der Waals surface area contributed by atoms with Gasteiger partial charge < -0.3 is 16.2 Å². The standard InChI is InChI=1S/C12H14N4O2/c1-8-5-11(13)15-16(8)7-12(18)14-9-3-2-4-10(17)6-9/h2-6,17H,7H2,1H3,(H2,13,15)(H,14,18). The molecule has 1 amide bonds. The minimum atomic E-state index is -0.230. The van der Waals surface area contributed by atoms with Gasteiger partial charge in [-0.15, -0.1) is 0 Å². The molecule has 94 valence electrons. The molecule has 0 spiro atoms. The normalized spacial score (nSPS) is 10.3. The number of anilines is 2. The predicted octanol–water partition coefficient (Wildman–Crippen LogP) is 1.12. The number of amides is 1. The summed E-state index contributed by atoms with van der Waals surface area (Å²) in [5.41, 5.74) is 6.89. The van der Waals surface area contributed by atoms with Gasteiger partial charge in [-0.25, -0.2) is 0 Å². The van der Waals surface area contributed by atoms with Gasteiger partial charge in [-0.1, -0.05) is 6.07 Å². The first-order chi connectivity index (χ1) is 8.54. The number of carbonyl (C=O) groups is 1. The zero-order valence-electron chi connectivity index (χ0n) is 9.92. The van der Waals surface area contributed by atoms with E-state index in [0.717, 1.165) is 5.69 Å². The zero-order chi connectivity index (χ0) is 13.1. The molecule has 0 fully saturated rings. The third-order valence-corrected chi connectivity index (χ3v) is 2.42. The summed E-state index contributed by atoms with van der Waals surface area (Å²) in [6.45, 7) is 1.91. The Hall–Kier alpha value is -2.50. The highest BCUT2D eigenvalue weighted by Crippen LogP contribution is 2.15. The van der Waals surface area contributed by atoms with Crippen molar-refractivity contribution in [3.8, 4) is 5.75 Å². The van der Waals surface area contributed by atoms with Crippen LogP contribution in [-0.2, 0) is 11.3 Å². The summed E-state index contributed by atoms with van der Waals surface area (Å²) >= 11 is 0. The largest absolute Gasteiger partial charge is 0.508 e. The molecule has 18 heavy (non-hydrogen) atoms. The number of aryl methyl sites for hydroxylation is 1. The summed E-state index contributed by atoms with van der Waals surface area (Å²) < 4.78 is 1.52. The number of phenolic OH excluding ortho intramolecular Hbond substituents is 1. The molecule has 1 heterocycles. The first-order valence-electron chi connectivity index (χ1n) is 5.43. The van der Waals surface area contributed by atoms with Crippen LogP contribution in [0.5, 0.6) is 5.75 Å². The van der Waals surface area contributed by atoms with Gasteiger partial charge in [0, 0.05) is 23.5 Å². The highest BCUT2D eigenvalue weighted by Gasteiger charge is 2.07. The van der Waals surface area contributed by atoms with Gasteiger partial charge in [-0.05, 0) is 19.1 Å². The van der Waals surface area contributed by atoms with Crippen molar-refractivity contribution in [1.29, 1.82) is 0 Å². The predicted molar refractivity (Wildman–Crippen MR) is 68.1 cm³/mol. The van der Waals surface area contributed by atoms with E-state index in [9.17, 15) is 9.90 Å². The number of aromatic nitrogens is 2. The lowest BCUT2D eigenvalue weighted by Gasteiger charge is -2.06. The number of hydrogen-bond acceptors (Lipinski definition) is 4. The van der Waals surface area contributed by atoms with Crippen LogP contribution in [0.3, 0.4) is 0 Å². The molecule has 0 aliphatic rings. The van der Waals surface area contributed by atoms with Gasteiger partial charge >= 0.3 is 0 Å². The SMILES string of the molecule is Cc1cc(N)nn1CC(=O)Nc1cccc(O)c1. The second-order valence-corrected chi connectivity index (χ2v) is 3.97. The van der Waals surface area contributed by atoms with Crippen molar-refractivity contribution in [2.45, 2.75) is 13.5 Å². The third kappa shape index (κ3) is 2.79. The van der Waals surface area contributed by atoms with Crippen LogP contribution < -0.4 is 11.1 Å². The van der Waals surface area contributed by atoms with Crippen LogP contribution in [-0.4, -0.2) is 20.8 Å². The summed E-state index contributed by atoms with van der Waals surface area (Å²) in [5, 5.41) is 15.9. The monoisotopic (exact) mass is 246 g/mol. The molecule has 2 aromatic rings. The zero-order valence-corrected chi connectivity index (χ0v) is 9.92. The average molecular weight is 246 g/mol. The van der Waals surface area contributed by atoms with E-state index in [-0.39, 0.29) is 18.2 Å². The summed E-state index contributed by atoms with van der Waals surface area (Å²) in [6.07, 6.45) is 0. The number of phenols is 1. The molecule has 0 aliphatic heterocycles. The minimum absolute atomic E-state index is 0.0820. The maximum absolute atomic E-state index is 11.8. The molecule has 2 rings (SSSR count). The van der Waals surface area contributed by atoms with Gasteiger partial charge in [0.25, 0.3) is 0 Å². The van der Waals surface area contributed by atoms with Gasteiger partial charge in [0.2, 0.25) is 5.91 Å². The molecule has 6 nitrogen and oxygen atoms in total. The number of aromatic hydroxyl groups is 1. The van der Waals surface area contributed by atoms with E-state index in [4.69, 9.17) is 5.73 Å². The molecule has 4 N–H and O–H groups in total. The number of benzene rings is 1. The maximum Gasteiger partial charge on any atom is 0.246 e. The Labute approximate surface area is 104 Å². The molecule has 0 atom stereocenters. The van der Waals surface area contributed by atoms with E-state index in [2.05, 4.69) is 10.4 Å². The topological polar surface area (TPSA) is 93.2 Å². The van der Waals surface area contributed by atoms with Gasteiger partial charge in [-0.2, -0.15) is 5.10 Å². The average Bonchev–Trinajstić information content (AvgIpc) is 2.57. The second kappa shape index (κ2) is 4.79. The van der Waals surface area contributed by atoms with E-state index in [1.165, 1.54) is 16.8 Å². The van der Waals surface area contributed by atoms with Crippen molar-refractivity contribution in [2.24, 2.45) is 0 Å². The Kier molecular flexibility index (Phi) is 3.18. The van der Waals surface area contributed by atoms with E-state index < -0.39 is 0 Å². The molecule has 0 saturated carbocycles. The highest BCUT2D eigenvalue weighted by atomic mass is 16.3. The first-order valence-corrected chi connectivity index (χ1v) is 5.43. The van der Waals surface area contributed by atoms with Gasteiger partial charge in [-0.3, -0.25) is 9.48 Å². The van der Waals surface area contributed by atoms with Crippen molar-refractivity contribution >= 4 is 17.4 Å². The summed E-state index contributed by atoms with van der Waals surface area (Å²) in [7, 11) is 0. The number of carbonyl (C=O) groups excluding carboxylic acids is 1. The van der Waals surface area contributed by atoms with Crippen molar-refractivity contribution in [2.75, 3.05) is 11.1 Å². The minimum Gasteiger partial charge on any atom is -0.508 e. The molecule has 6 heteroatoms. The Morgan fingerprint density at radius 3 is 2.89 bits per heavy atom. The molecule has 1 aromatic heterocycles. The molecule has 0 unspecified atom stereocenters. The van der Waals surface area contributed by atoms with Gasteiger partial charge in [0.15, 0.2) is 0 Å². The number of nitrogens with one attached hydrogen (secondary N) is 1. The van der Waals surface area contributed by atoms with Crippen LogP contribution >= 0.6 is 0 Å². The lowest BCUT2D eigenvalue weighted by Crippen LogP contribution is -2.20. The van der Waals surface area contributed by atoms with Crippen LogP contribution in [0.15, 0.2) is 30.3 Å². The molecule has 0 aliphatic carbocycles. The van der Waals surface area contributed by atoms with Crippen LogP contribution in [0.4, 0.5) is 11.5 Å². The quantitative estimate of drug-likeness (QED) is 0.756. The number of nitrogens with two attached hydrogens (primary N) is 1. The molecule has 0 bridgehead atoms. The number of nitrogen functional groups attached to an aromatic ring is 1. The smallest absolute Gasteiger partial charge is 0.246 e. The fourth-order valence-electron chi connectivity index (χ4n) is 1.62. The number of nitrogens with zero attached hydrogens (tertiary/aromatic N) is 2. The van der Waals surface area contributed by atoms with Crippen LogP contribution in [0, 0.1) is 6.92 Å². The molecular formula is C12H14N4O2. The fourth-order valence-corrected chi connectivity index (χ4v) is 1.62. The third-order valence-electron chi connectivity index (χ3n) is 2.42. The number of rotatable bonds is 3. The van der Waals surface area contributed by atoms with E-state index in [1.807, 2.05) is 6.92 Å². The fraction of sp³-hybridized carbons (Fsp3) is 0.167. The van der Waals surface area contributed by atoms with Crippen molar-refractivity contribution < 1.29 is 9.90 Å². The first kappa shape index (κ1) is 12.0. The van der Waals surface area contributed by atoms with E-state index >= 15 is 0 Å². The second-order valence-electron chi connectivity index (χ2n) is 3.97. The Bertz CT molecular complexity index is 577. The Balaban J connectivity index is 2.03. The summed E-state index contributed by atoms with van der Waals surface area (Å²) in [4.78, 5) is 11.8. The van der Waals surface area contributed by atoms with Crippen LogP contribution in [0.2, 0.25) is 0 Å². The van der Waals surface area contributed by atoms with Crippen molar-refractivity contribution in [3.63, 3.8) is 0 Å². The summed E-state index contributed by atoms with van der Waals surface area (Å²) in [6, 6.07) is 8.06. The molecule has 0 radical (unpaired) electrons. The Morgan fingerprint density at radius 1 is 1.50 bits per heavy atom. The molecule has 0 saturated heterocycles. The molecule has 1 aromatic carbocycles. The summed E-state index contributed by atoms with van der Waals surface area (Å²) in [5.74, 6) is 0.261. The van der Waals surface area contributed by atoms with E-state index in [0.29, 0.717) is 11.5 Å². The van der Waals surface area contributed by atoms with E-state index in [1.54, 1.807) is 18.2 Å². The maximum atomic E-state index is 11.8. The van der Waals surface area contributed by atoms with Gasteiger partial charge in [0.05, 0.1) is 0 Å². The van der Waals surface area contributed by atoms with Crippen molar-refractivity contribution in [3.05, 3.63) is 36.0 Å². The Morgan fingerprint density at radius 2 is 2.28 bits per heavy atom. The lowest BCUT2D eigenvalue weighted by molar-refractivity contribution is -0.116. The van der Waals surface area contributed by atoms with Crippen molar-refractivity contribution in [1.82, 2.24) is 9.78 Å². The highest BCUT2D eigenvalue weighted by molar-refractivity contribution is 5.90. The lowest BCUT2D eigenvalue weighted by atomic mass is 10.3. The van der Waals surface area contributed by atoms with Crippen LogP contribution in [0.1, 0.15) is 5.69 Å². The van der Waals surface area contributed by atoms with Gasteiger partial charge in [0.1, 0.15) is 18.1 Å².